The maximum absolute atomic E-state index is 5.57. The molecule has 16 heavy (non-hydrogen) atoms. The molecule has 1 fully saturated rings. The quantitative estimate of drug-likeness (QED) is 0.778. The van der Waals surface area contributed by atoms with Gasteiger partial charge in [-0.1, -0.05) is 40.5 Å². The lowest BCUT2D eigenvalue weighted by atomic mass is 9.80. The molecule has 0 aromatic heterocycles. The van der Waals surface area contributed by atoms with Crippen molar-refractivity contribution in [1.29, 1.82) is 0 Å². The first-order chi connectivity index (χ1) is 7.47. The van der Waals surface area contributed by atoms with Crippen LogP contribution in [0.4, 0.5) is 0 Å². The van der Waals surface area contributed by atoms with Crippen LogP contribution in [0.15, 0.2) is 0 Å². The van der Waals surface area contributed by atoms with Crippen molar-refractivity contribution in [2.24, 2.45) is 11.3 Å². The van der Waals surface area contributed by atoms with Crippen LogP contribution in [-0.2, 0) is 4.74 Å². The van der Waals surface area contributed by atoms with Crippen molar-refractivity contribution >= 4 is 0 Å². The Morgan fingerprint density at radius 1 is 1.25 bits per heavy atom. The molecule has 96 valence electrons. The monoisotopic (exact) mass is 227 g/mol. The van der Waals surface area contributed by atoms with Gasteiger partial charge in [0.15, 0.2) is 0 Å². The zero-order valence-electron chi connectivity index (χ0n) is 11.7. The highest BCUT2D eigenvalue weighted by Gasteiger charge is 2.28. The molecule has 0 saturated heterocycles. The lowest BCUT2D eigenvalue weighted by Crippen LogP contribution is -2.47. The molecular formula is C14H29NO. The summed E-state index contributed by atoms with van der Waals surface area (Å²) in [5.74, 6) is 0.713. The Morgan fingerprint density at radius 2 is 1.88 bits per heavy atom. The molecule has 2 heteroatoms. The van der Waals surface area contributed by atoms with Crippen LogP contribution < -0.4 is 5.32 Å². The van der Waals surface area contributed by atoms with Crippen molar-refractivity contribution in [1.82, 2.24) is 5.32 Å². The number of nitrogens with one attached hydrogen (secondary N) is 1. The van der Waals surface area contributed by atoms with E-state index in [-0.39, 0.29) is 0 Å². The van der Waals surface area contributed by atoms with E-state index in [9.17, 15) is 0 Å². The molecule has 1 rings (SSSR count). The Labute approximate surface area is 101 Å². The maximum Gasteiger partial charge on any atom is 0.0724 e. The van der Waals surface area contributed by atoms with Crippen LogP contribution >= 0.6 is 0 Å². The molecule has 0 bridgehead atoms. The molecule has 0 aliphatic heterocycles. The molecule has 0 spiro atoms. The Bertz CT molecular complexity index is 201. The predicted octanol–water partition coefficient (Wildman–Crippen LogP) is 3.22. The average Bonchev–Trinajstić information content (AvgIpc) is 2.26. The number of rotatable bonds is 5. The van der Waals surface area contributed by atoms with Gasteiger partial charge in [0.2, 0.25) is 0 Å². The largest absolute Gasteiger partial charge is 0.380 e. The van der Waals surface area contributed by atoms with Crippen molar-refractivity contribution in [2.45, 2.75) is 65.5 Å². The summed E-state index contributed by atoms with van der Waals surface area (Å²) < 4.78 is 5.57. The molecule has 2 unspecified atom stereocenters. The molecule has 0 heterocycles. The van der Waals surface area contributed by atoms with E-state index >= 15 is 0 Å². The van der Waals surface area contributed by atoms with E-state index in [1.54, 1.807) is 0 Å². The average molecular weight is 227 g/mol. The third kappa shape index (κ3) is 3.74. The molecule has 0 amide bonds. The number of hydrogen-bond acceptors (Lipinski definition) is 2. The summed E-state index contributed by atoms with van der Waals surface area (Å²) >= 11 is 0. The van der Waals surface area contributed by atoms with Crippen LogP contribution in [0.1, 0.15) is 53.4 Å². The van der Waals surface area contributed by atoms with Gasteiger partial charge >= 0.3 is 0 Å². The van der Waals surface area contributed by atoms with Gasteiger partial charge < -0.3 is 10.1 Å². The number of methoxy groups -OCH3 is 1. The van der Waals surface area contributed by atoms with E-state index in [1.165, 1.54) is 25.7 Å². The fraction of sp³-hybridized carbons (Fsp3) is 1.00. The second-order valence-electron chi connectivity index (χ2n) is 6.19. The van der Waals surface area contributed by atoms with Gasteiger partial charge in [-0.25, -0.2) is 0 Å². The van der Waals surface area contributed by atoms with Gasteiger partial charge in [-0.05, 0) is 24.2 Å². The highest BCUT2D eigenvalue weighted by atomic mass is 16.5. The summed E-state index contributed by atoms with van der Waals surface area (Å²) in [7, 11) is 1.85. The topological polar surface area (TPSA) is 21.3 Å². The second-order valence-corrected chi connectivity index (χ2v) is 6.19. The van der Waals surface area contributed by atoms with Crippen LogP contribution in [0.3, 0.4) is 0 Å². The highest BCUT2D eigenvalue weighted by Crippen LogP contribution is 2.27. The van der Waals surface area contributed by atoms with Gasteiger partial charge in [-0.2, -0.15) is 0 Å². The van der Waals surface area contributed by atoms with E-state index in [4.69, 9.17) is 4.74 Å². The molecule has 0 aromatic carbocycles. The van der Waals surface area contributed by atoms with Crippen LogP contribution in [0, 0.1) is 11.3 Å². The summed E-state index contributed by atoms with van der Waals surface area (Å²) in [5.41, 5.74) is 0.371. The number of ether oxygens (including phenoxy) is 1. The third-order valence-electron chi connectivity index (χ3n) is 4.39. The molecule has 0 radical (unpaired) electrons. The molecule has 2 atom stereocenters. The fourth-order valence-electron chi connectivity index (χ4n) is 2.21. The lowest BCUT2D eigenvalue weighted by molar-refractivity contribution is 0.0366. The second kappa shape index (κ2) is 6.02. The molecule has 1 aliphatic rings. The van der Waals surface area contributed by atoms with Crippen LogP contribution in [0.25, 0.3) is 0 Å². The van der Waals surface area contributed by atoms with Crippen molar-refractivity contribution in [3.05, 3.63) is 0 Å². The smallest absolute Gasteiger partial charge is 0.0724 e. The lowest BCUT2D eigenvalue weighted by Gasteiger charge is -2.36. The minimum Gasteiger partial charge on any atom is -0.380 e. The molecule has 2 nitrogen and oxygen atoms in total. The minimum atomic E-state index is 0.371. The standard InChI is InChI=1S/C14H29NO/c1-11(2)14(3,4)10-15-12-8-6-7-9-13(12)16-5/h11-13,15H,6-10H2,1-5H3. The zero-order chi connectivity index (χ0) is 12.2. The van der Waals surface area contributed by atoms with E-state index in [2.05, 4.69) is 33.0 Å². The maximum atomic E-state index is 5.57. The van der Waals surface area contributed by atoms with Gasteiger partial charge in [0.1, 0.15) is 0 Å². The number of hydrogen-bond donors (Lipinski definition) is 1. The van der Waals surface area contributed by atoms with E-state index in [0.29, 0.717) is 23.5 Å². The summed E-state index contributed by atoms with van der Waals surface area (Å²) in [6.07, 6.45) is 5.59. The first-order valence-corrected chi connectivity index (χ1v) is 6.73. The van der Waals surface area contributed by atoms with Crippen molar-refractivity contribution in [2.75, 3.05) is 13.7 Å². The predicted molar refractivity (Wildman–Crippen MR) is 69.7 cm³/mol. The van der Waals surface area contributed by atoms with Gasteiger partial charge in [-0.3, -0.25) is 0 Å². The first-order valence-electron chi connectivity index (χ1n) is 6.73. The van der Waals surface area contributed by atoms with E-state index in [1.807, 2.05) is 7.11 Å². The normalized spacial score (nSPS) is 27.4. The third-order valence-corrected chi connectivity index (χ3v) is 4.39. The van der Waals surface area contributed by atoms with Crippen LogP contribution in [0.5, 0.6) is 0 Å². The molecule has 1 aliphatic carbocycles. The Morgan fingerprint density at radius 3 is 2.44 bits per heavy atom. The van der Waals surface area contributed by atoms with Crippen molar-refractivity contribution < 1.29 is 4.74 Å². The van der Waals surface area contributed by atoms with Gasteiger partial charge in [0.05, 0.1) is 6.10 Å². The zero-order valence-corrected chi connectivity index (χ0v) is 11.7. The van der Waals surface area contributed by atoms with Crippen LogP contribution in [-0.4, -0.2) is 25.8 Å². The van der Waals surface area contributed by atoms with Crippen molar-refractivity contribution in [3.63, 3.8) is 0 Å². The molecule has 1 N–H and O–H groups in total. The van der Waals surface area contributed by atoms with Gasteiger partial charge in [0, 0.05) is 19.7 Å². The molecule has 0 aromatic rings. The fourth-order valence-corrected chi connectivity index (χ4v) is 2.21. The van der Waals surface area contributed by atoms with Crippen LogP contribution in [0.2, 0.25) is 0 Å². The summed E-state index contributed by atoms with van der Waals surface area (Å²) in [6.45, 7) is 10.4. The minimum absolute atomic E-state index is 0.371. The van der Waals surface area contributed by atoms with E-state index in [0.717, 1.165) is 6.54 Å². The Kier molecular flexibility index (Phi) is 5.26. The first kappa shape index (κ1) is 14.0. The summed E-state index contributed by atoms with van der Waals surface area (Å²) in [6, 6.07) is 0.566. The van der Waals surface area contributed by atoms with Crippen molar-refractivity contribution in [3.8, 4) is 0 Å². The van der Waals surface area contributed by atoms with Gasteiger partial charge in [-0.15, -0.1) is 0 Å². The molecule has 1 saturated carbocycles. The Balaban J connectivity index is 2.40. The van der Waals surface area contributed by atoms with Gasteiger partial charge in [0.25, 0.3) is 0 Å². The summed E-state index contributed by atoms with van der Waals surface area (Å²) in [5, 5.41) is 3.72. The SMILES string of the molecule is COC1CCCCC1NCC(C)(C)C(C)C. The molecular weight excluding hydrogens is 198 g/mol. The Hall–Kier alpha value is -0.0800. The highest BCUT2D eigenvalue weighted by molar-refractivity contribution is 4.84. The van der Waals surface area contributed by atoms with E-state index < -0.39 is 0 Å². The summed E-state index contributed by atoms with van der Waals surface area (Å²) in [4.78, 5) is 0.